The third-order valence-electron chi connectivity index (χ3n) is 17.7. The van der Waals surface area contributed by atoms with E-state index in [9.17, 15) is 0 Å². The Hall–Kier alpha value is -9.76. The van der Waals surface area contributed by atoms with E-state index in [0.29, 0.717) is 0 Å². The van der Waals surface area contributed by atoms with Crippen molar-refractivity contribution in [2.45, 2.75) is 0 Å². The van der Waals surface area contributed by atoms with E-state index in [0.717, 1.165) is 17.1 Å². The van der Waals surface area contributed by atoms with Gasteiger partial charge < -0.3 is 9.97 Å². The molecule has 2 heteroatoms. The molecule has 0 aliphatic rings. The highest BCUT2D eigenvalue weighted by atomic mass is 14.7. The van der Waals surface area contributed by atoms with Gasteiger partial charge >= 0.3 is 0 Å². The molecule has 2 heterocycles. The molecule has 0 aliphatic carbocycles. The molecule has 74 heavy (non-hydrogen) atoms. The molecule has 0 bridgehead atoms. The highest BCUT2D eigenvalue weighted by Crippen LogP contribution is 2.50. The fourth-order valence-electron chi connectivity index (χ4n) is 14.5. The zero-order valence-electron chi connectivity index (χ0n) is 39.8. The second-order valence-corrected chi connectivity index (χ2v) is 21.2. The summed E-state index contributed by atoms with van der Waals surface area (Å²) in [5.41, 5.74) is 10.9. The Labute approximate surface area is 422 Å². The number of rotatable bonds is 4. The van der Waals surface area contributed by atoms with Gasteiger partial charge in [-0.2, -0.15) is 0 Å². The van der Waals surface area contributed by atoms with Gasteiger partial charge in [0.2, 0.25) is 0 Å². The van der Waals surface area contributed by atoms with E-state index in [2.05, 4.69) is 228 Å². The van der Waals surface area contributed by atoms with Crippen LogP contribution in [0.25, 0.3) is 196 Å². The van der Waals surface area contributed by atoms with Crippen LogP contribution >= 0.6 is 0 Å². The fraction of sp³-hybridized carbons (Fsp3) is 0. The molecule has 2 aromatic heterocycles. The summed E-state index contributed by atoms with van der Waals surface area (Å²) in [6, 6.07) is 82.9. The minimum absolute atomic E-state index is 1.12. The summed E-state index contributed by atoms with van der Waals surface area (Å²) in [5, 5.41) is 35.3. The molecule has 0 spiro atoms. The number of H-pyrrole nitrogens is 2. The first-order valence-electron chi connectivity index (χ1n) is 25.9. The lowest BCUT2D eigenvalue weighted by atomic mass is 9.85. The van der Waals surface area contributed by atoms with Crippen LogP contribution in [0, 0.1) is 0 Å². The topological polar surface area (TPSA) is 31.6 Å². The van der Waals surface area contributed by atoms with Crippen molar-refractivity contribution < 1.29 is 0 Å². The van der Waals surface area contributed by atoms with Crippen molar-refractivity contribution in [1.29, 1.82) is 0 Å². The number of fused-ring (bicyclic) bond motifs is 5. The predicted octanol–water partition coefficient (Wildman–Crippen LogP) is 20.3. The van der Waals surface area contributed by atoms with Gasteiger partial charge in [0.25, 0.3) is 0 Å². The van der Waals surface area contributed by atoms with E-state index in [-0.39, 0.29) is 0 Å². The van der Waals surface area contributed by atoms with Gasteiger partial charge in [0.15, 0.2) is 0 Å². The van der Waals surface area contributed by atoms with Crippen molar-refractivity contribution in [2.24, 2.45) is 0 Å². The standard InChI is InChI=1S/C72H38N2/c1-3-37-7-8-41-11-22-47(52-27-16-39(5-1)63(37)65(41)52)48-23-12-42-18-29-54-49(24-13-43-17-28-53(48)66(42)67(43)54)60-33-34-61(73-60)50-25-14-44-20-31-56-51(26-15-45-19-30-55(50)68(44)69(45)56)62-36-59-58-35-46-10-9-38-4-2-6-40-21-32-57(70(46)64(38)40)71(58)72(59)74-62/h1-36,73-74H. The Kier molecular flexibility index (Phi) is 6.78. The highest BCUT2D eigenvalue weighted by molar-refractivity contribution is 6.40. The molecule has 0 unspecified atom stereocenters. The number of hydrogen-bond acceptors (Lipinski definition) is 0. The van der Waals surface area contributed by atoms with Crippen LogP contribution in [0.15, 0.2) is 218 Å². The van der Waals surface area contributed by atoms with Crippen LogP contribution in [-0.2, 0) is 0 Å². The van der Waals surface area contributed by atoms with E-state index in [1.165, 1.54) is 179 Å². The van der Waals surface area contributed by atoms with Crippen molar-refractivity contribution >= 4 is 151 Å². The van der Waals surface area contributed by atoms with Gasteiger partial charge in [0.1, 0.15) is 0 Å². The van der Waals surface area contributed by atoms with E-state index in [4.69, 9.17) is 0 Å². The molecular formula is C72H38N2. The molecule has 0 atom stereocenters. The van der Waals surface area contributed by atoms with Gasteiger partial charge in [-0.1, -0.05) is 194 Å². The maximum atomic E-state index is 3.96. The summed E-state index contributed by atoms with van der Waals surface area (Å²) in [6.45, 7) is 0. The summed E-state index contributed by atoms with van der Waals surface area (Å²) in [7, 11) is 0. The quantitative estimate of drug-likeness (QED) is 0.165. The van der Waals surface area contributed by atoms with Gasteiger partial charge in [-0.15, -0.1) is 0 Å². The Morgan fingerprint density at radius 3 is 0.959 bits per heavy atom. The largest absolute Gasteiger partial charge is 0.355 e. The van der Waals surface area contributed by atoms with E-state index in [1.807, 2.05) is 0 Å². The van der Waals surface area contributed by atoms with Crippen LogP contribution in [-0.4, -0.2) is 9.97 Å². The van der Waals surface area contributed by atoms with Gasteiger partial charge in [-0.05, 0) is 170 Å². The minimum atomic E-state index is 1.12. The van der Waals surface area contributed by atoms with Crippen LogP contribution < -0.4 is 0 Å². The Balaban J connectivity index is 0.742. The average molecular weight is 931 g/mol. The molecule has 19 rings (SSSR count). The molecule has 17 aromatic carbocycles. The minimum Gasteiger partial charge on any atom is -0.355 e. The molecule has 0 aliphatic heterocycles. The number of aromatic amines is 2. The number of nitrogens with one attached hydrogen (secondary N) is 2. The Bertz CT molecular complexity index is 5580. The maximum absolute atomic E-state index is 3.96. The van der Waals surface area contributed by atoms with Crippen LogP contribution in [0.5, 0.6) is 0 Å². The molecule has 0 fully saturated rings. The number of benzene rings is 16. The predicted molar refractivity (Wildman–Crippen MR) is 318 cm³/mol. The highest BCUT2D eigenvalue weighted by Gasteiger charge is 2.23. The second kappa shape index (κ2) is 13.2. The van der Waals surface area contributed by atoms with Crippen LogP contribution in [0.1, 0.15) is 0 Å². The van der Waals surface area contributed by atoms with Crippen molar-refractivity contribution in [3.63, 3.8) is 0 Å². The Morgan fingerprint density at radius 1 is 0.176 bits per heavy atom. The average Bonchev–Trinajstić information content (AvgIpc) is 4.15. The first kappa shape index (κ1) is 38.0. The lowest BCUT2D eigenvalue weighted by Gasteiger charge is -2.18. The summed E-state index contributed by atoms with van der Waals surface area (Å²) in [6.07, 6.45) is 0. The monoisotopic (exact) mass is 930 g/mol. The lowest BCUT2D eigenvalue weighted by Crippen LogP contribution is -1.91. The summed E-state index contributed by atoms with van der Waals surface area (Å²) >= 11 is 0. The van der Waals surface area contributed by atoms with Crippen LogP contribution in [0.2, 0.25) is 0 Å². The second-order valence-electron chi connectivity index (χ2n) is 21.2. The van der Waals surface area contributed by atoms with Gasteiger partial charge in [-0.25, -0.2) is 0 Å². The molecule has 0 radical (unpaired) electrons. The first-order chi connectivity index (χ1) is 36.7. The molecule has 19 aromatic rings. The van der Waals surface area contributed by atoms with Crippen molar-refractivity contribution in [1.82, 2.24) is 9.97 Å². The van der Waals surface area contributed by atoms with Crippen LogP contribution in [0.4, 0.5) is 0 Å². The third-order valence-corrected chi connectivity index (χ3v) is 17.7. The number of hydrogen-bond donors (Lipinski definition) is 2. The summed E-state index contributed by atoms with van der Waals surface area (Å²) in [5.74, 6) is 0. The van der Waals surface area contributed by atoms with Gasteiger partial charge in [0, 0.05) is 44.5 Å². The van der Waals surface area contributed by atoms with Crippen molar-refractivity contribution in [2.75, 3.05) is 0 Å². The molecule has 2 nitrogen and oxygen atoms in total. The summed E-state index contributed by atoms with van der Waals surface area (Å²) in [4.78, 5) is 7.92. The summed E-state index contributed by atoms with van der Waals surface area (Å²) < 4.78 is 0. The normalized spacial score (nSPS) is 12.9. The van der Waals surface area contributed by atoms with Gasteiger partial charge in [0.05, 0.1) is 5.52 Å². The Morgan fingerprint density at radius 2 is 0.500 bits per heavy atom. The molecule has 2 N–H and O–H groups in total. The third kappa shape index (κ3) is 4.64. The number of aromatic nitrogens is 2. The van der Waals surface area contributed by atoms with Gasteiger partial charge in [-0.3, -0.25) is 0 Å². The maximum Gasteiger partial charge on any atom is 0.0551 e. The SMILES string of the molecule is c1cc2ccc3ccc(-c4ccc5ccc6c(-c7ccc(-c8ccc9ccc%10c(-c%11cc%12c%13cc%14ccc%15cccc%16ccc(c%13c%12[nH]%11)c%14c%15%16)ccc%11ccc8c9c%11%10)[nH]7)ccc7ccc4c5c76)c4ccc(c1)c2c34. The fourth-order valence-corrected chi connectivity index (χ4v) is 14.5. The zero-order chi connectivity index (χ0) is 47.7. The lowest BCUT2D eigenvalue weighted by molar-refractivity contribution is 1.41. The van der Waals surface area contributed by atoms with Crippen molar-refractivity contribution in [3.8, 4) is 44.9 Å². The molecule has 0 amide bonds. The first-order valence-corrected chi connectivity index (χ1v) is 25.9. The molecule has 336 valence electrons. The van der Waals surface area contributed by atoms with E-state index in [1.54, 1.807) is 0 Å². The van der Waals surface area contributed by atoms with Crippen LogP contribution in [0.3, 0.4) is 0 Å². The molecule has 0 saturated carbocycles. The smallest absolute Gasteiger partial charge is 0.0551 e. The molecular weight excluding hydrogens is 893 g/mol. The van der Waals surface area contributed by atoms with E-state index >= 15 is 0 Å². The van der Waals surface area contributed by atoms with Crippen molar-refractivity contribution in [3.05, 3.63) is 218 Å². The molecule has 0 saturated heterocycles. The van der Waals surface area contributed by atoms with E-state index < -0.39 is 0 Å². The zero-order valence-corrected chi connectivity index (χ0v) is 39.8.